The maximum Gasteiger partial charge on any atom is 0.224 e. The van der Waals surface area contributed by atoms with E-state index < -0.39 is 0 Å². The highest BCUT2D eigenvalue weighted by Crippen LogP contribution is 2.25. The zero-order chi connectivity index (χ0) is 11.5. The number of hydrogen-bond acceptors (Lipinski definition) is 3. The van der Waals surface area contributed by atoms with Crippen LogP contribution in [0.2, 0.25) is 5.28 Å². The van der Waals surface area contributed by atoms with Gasteiger partial charge in [0, 0.05) is 24.8 Å². The maximum absolute atomic E-state index is 5.88. The van der Waals surface area contributed by atoms with Crippen LogP contribution >= 0.6 is 11.6 Å². The minimum Gasteiger partial charge on any atom is -0.357 e. The fourth-order valence-corrected chi connectivity index (χ4v) is 2.57. The number of hydrogen-bond donors (Lipinski definition) is 0. The van der Waals surface area contributed by atoms with Gasteiger partial charge in [0.1, 0.15) is 5.82 Å². The summed E-state index contributed by atoms with van der Waals surface area (Å²) in [6.07, 6.45) is 6.54. The number of rotatable bonds is 2. The molecule has 3 nitrogen and oxygen atoms in total. The van der Waals surface area contributed by atoms with Crippen molar-refractivity contribution in [3.63, 3.8) is 0 Å². The van der Waals surface area contributed by atoms with E-state index in [4.69, 9.17) is 11.6 Å². The molecule has 0 saturated heterocycles. The summed E-state index contributed by atoms with van der Waals surface area (Å²) < 4.78 is 0. The van der Waals surface area contributed by atoms with E-state index in [1.54, 1.807) is 0 Å². The number of nitrogens with zero attached hydrogens (tertiary/aromatic N) is 3. The third-order valence-corrected chi connectivity index (χ3v) is 3.47. The van der Waals surface area contributed by atoms with E-state index in [0.717, 1.165) is 11.5 Å². The van der Waals surface area contributed by atoms with Gasteiger partial charge in [0.2, 0.25) is 5.28 Å². The Morgan fingerprint density at radius 1 is 1.25 bits per heavy atom. The first-order valence-electron chi connectivity index (χ1n) is 5.91. The lowest BCUT2D eigenvalue weighted by atomic mass is 9.94. The Bertz CT molecular complexity index is 341. The molecule has 16 heavy (non-hydrogen) atoms. The standard InChI is InChI=1S/C12H18ClN3/c1-9-8-11(15-12(13)14-9)16(2)10-6-4-3-5-7-10/h8,10H,3-7H2,1-2H3. The molecule has 2 rings (SSSR count). The van der Waals surface area contributed by atoms with Gasteiger partial charge in [-0.15, -0.1) is 0 Å². The monoisotopic (exact) mass is 239 g/mol. The average Bonchev–Trinajstić information content (AvgIpc) is 2.28. The van der Waals surface area contributed by atoms with E-state index in [1.165, 1.54) is 32.1 Å². The van der Waals surface area contributed by atoms with Crippen LogP contribution in [0.5, 0.6) is 0 Å². The molecular formula is C12H18ClN3. The van der Waals surface area contributed by atoms with Gasteiger partial charge in [-0.25, -0.2) is 9.97 Å². The predicted molar refractivity (Wildman–Crippen MR) is 67.1 cm³/mol. The summed E-state index contributed by atoms with van der Waals surface area (Å²) in [6, 6.07) is 2.61. The molecule has 0 unspecified atom stereocenters. The zero-order valence-electron chi connectivity index (χ0n) is 9.91. The fraction of sp³-hybridized carbons (Fsp3) is 0.667. The van der Waals surface area contributed by atoms with Gasteiger partial charge in [0.15, 0.2) is 0 Å². The Hall–Kier alpha value is -0.830. The third-order valence-electron chi connectivity index (χ3n) is 3.30. The van der Waals surface area contributed by atoms with Gasteiger partial charge >= 0.3 is 0 Å². The Balaban J connectivity index is 2.15. The summed E-state index contributed by atoms with van der Waals surface area (Å²) >= 11 is 5.88. The van der Waals surface area contributed by atoms with Crippen LogP contribution in [0.15, 0.2) is 6.07 Å². The van der Waals surface area contributed by atoms with Crippen LogP contribution in [0.1, 0.15) is 37.8 Å². The summed E-state index contributed by atoms with van der Waals surface area (Å²) in [7, 11) is 2.11. The third kappa shape index (κ3) is 2.64. The molecule has 1 heterocycles. The molecule has 1 aromatic heterocycles. The fourth-order valence-electron chi connectivity index (χ4n) is 2.35. The highest BCUT2D eigenvalue weighted by atomic mass is 35.5. The lowest BCUT2D eigenvalue weighted by molar-refractivity contribution is 0.426. The second-order valence-electron chi connectivity index (χ2n) is 4.54. The quantitative estimate of drug-likeness (QED) is 0.743. The highest BCUT2D eigenvalue weighted by molar-refractivity contribution is 6.28. The Morgan fingerprint density at radius 2 is 1.94 bits per heavy atom. The molecule has 4 heteroatoms. The van der Waals surface area contributed by atoms with Crippen molar-refractivity contribution in [2.45, 2.75) is 45.1 Å². The average molecular weight is 240 g/mol. The number of aryl methyl sites for hydroxylation is 1. The molecule has 1 aliphatic carbocycles. The molecule has 0 N–H and O–H groups in total. The van der Waals surface area contributed by atoms with Crippen LogP contribution in [0, 0.1) is 6.92 Å². The summed E-state index contributed by atoms with van der Waals surface area (Å²) in [5.74, 6) is 0.949. The Morgan fingerprint density at radius 3 is 2.56 bits per heavy atom. The van der Waals surface area contributed by atoms with Gasteiger partial charge in [0.25, 0.3) is 0 Å². The van der Waals surface area contributed by atoms with E-state index in [9.17, 15) is 0 Å². The Kier molecular flexibility index (Phi) is 3.64. The lowest BCUT2D eigenvalue weighted by Gasteiger charge is -2.32. The van der Waals surface area contributed by atoms with E-state index in [-0.39, 0.29) is 0 Å². The zero-order valence-corrected chi connectivity index (χ0v) is 10.7. The van der Waals surface area contributed by atoms with Gasteiger partial charge in [0.05, 0.1) is 0 Å². The summed E-state index contributed by atoms with van der Waals surface area (Å²) in [6.45, 7) is 1.95. The van der Waals surface area contributed by atoms with Gasteiger partial charge in [-0.05, 0) is 31.4 Å². The van der Waals surface area contributed by atoms with Crippen LogP contribution in [0.4, 0.5) is 5.82 Å². The van der Waals surface area contributed by atoms with E-state index in [2.05, 4.69) is 21.9 Å². The molecule has 0 atom stereocenters. The summed E-state index contributed by atoms with van der Waals surface area (Å²) in [4.78, 5) is 10.6. The normalized spacial score (nSPS) is 17.4. The van der Waals surface area contributed by atoms with Gasteiger partial charge in [-0.3, -0.25) is 0 Å². The largest absolute Gasteiger partial charge is 0.357 e. The van der Waals surface area contributed by atoms with Crippen molar-refractivity contribution in [2.75, 3.05) is 11.9 Å². The van der Waals surface area contributed by atoms with Crippen molar-refractivity contribution in [3.05, 3.63) is 17.0 Å². The number of aromatic nitrogens is 2. The van der Waals surface area contributed by atoms with E-state index >= 15 is 0 Å². The molecule has 1 fully saturated rings. The summed E-state index contributed by atoms with van der Waals surface area (Å²) in [5.41, 5.74) is 0.928. The van der Waals surface area contributed by atoms with Crippen molar-refractivity contribution >= 4 is 17.4 Å². The summed E-state index contributed by atoms with van der Waals surface area (Å²) in [5, 5.41) is 0.345. The van der Waals surface area contributed by atoms with Crippen molar-refractivity contribution in [2.24, 2.45) is 0 Å². The first-order chi connectivity index (χ1) is 7.66. The SMILES string of the molecule is Cc1cc(N(C)C2CCCCC2)nc(Cl)n1. The molecule has 0 aromatic carbocycles. The molecule has 1 saturated carbocycles. The van der Waals surface area contributed by atoms with Gasteiger partial charge in [-0.1, -0.05) is 19.3 Å². The number of anilines is 1. The van der Waals surface area contributed by atoms with Crippen LogP contribution < -0.4 is 4.90 Å². The molecule has 1 aromatic rings. The maximum atomic E-state index is 5.88. The van der Waals surface area contributed by atoms with E-state index in [1.807, 2.05) is 13.0 Å². The first-order valence-corrected chi connectivity index (χ1v) is 6.28. The van der Waals surface area contributed by atoms with Gasteiger partial charge in [-0.2, -0.15) is 0 Å². The lowest BCUT2D eigenvalue weighted by Crippen LogP contribution is -2.34. The van der Waals surface area contributed by atoms with Crippen molar-refractivity contribution in [3.8, 4) is 0 Å². The van der Waals surface area contributed by atoms with Crippen LogP contribution in [0.25, 0.3) is 0 Å². The van der Waals surface area contributed by atoms with Crippen LogP contribution in [-0.4, -0.2) is 23.1 Å². The Labute approximate surface area is 102 Å². The first kappa shape index (κ1) is 11.6. The molecular weight excluding hydrogens is 222 g/mol. The smallest absolute Gasteiger partial charge is 0.224 e. The molecule has 0 amide bonds. The second-order valence-corrected chi connectivity index (χ2v) is 4.88. The van der Waals surface area contributed by atoms with Gasteiger partial charge < -0.3 is 4.90 Å². The topological polar surface area (TPSA) is 29.0 Å². The van der Waals surface area contributed by atoms with Crippen molar-refractivity contribution in [1.29, 1.82) is 0 Å². The molecule has 0 bridgehead atoms. The molecule has 0 radical (unpaired) electrons. The van der Waals surface area contributed by atoms with Crippen molar-refractivity contribution in [1.82, 2.24) is 9.97 Å². The minimum atomic E-state index is 0.345. The second kappa shape index (κ2) is 5.00. The van der Waals surface area contributed by atoms with Crippen LogP contribution in [-0.2, 0) is 0 Å². The van der Waals surface area contributed by atoms with Crippen molar-refractivity contribution < 1.29 is 0 Å². The minimum absolute atomic E-state index is 0.345. The molecule has 88 valence electrons. The predicted octanol–water partition coefficient (Wildman–Crippen LogP) is 3.21. The van der Waals surface area contributed by atoms with Crippen LogP contribution in [0.3, 0.4) is 0 Å². The molecule has 0 spiro atoms. The molecule has 1 aliphatic rings. The van der Waals surface area contributed by atoms with E-state index in [0.29, 0.717) is 11.3 Å². The number of halogens is 1. The molecule has 0 aliphatic heterocycles. The highest BCUT2D eigenvalue weighted by Gasteiger charge is 2.19.